The number of benzene rings is 3. The minimum Gasteiger partial charge on any atom is -0.497 e. The van der Waals surface area contributed by atoms with E-state index in [0.717, 1.165) is 47.5 Å². The standard InChI is InChI=1S/C32H40N2O5/c1-37-27-16-12-25(13-17-27)32(26-14-18-28(38-2)19-15-26,39-23-24-9-5-3-6-10-24)29-21-34(22-30(29)35)31(36)11-7-4-8-20-33/h3,5-6,9-10,12-19,29-30,35H,4,7-8,11,20-23,33H2,1-2H3. The molecule has 3 N–H and O–H groups in total. The molecule has 3 aromatic carbocycles. The fourth-order valence-electron chi connectivity index (χ4n) is 5.46. The van der Waals surface area contributed by atoms with E-state index in [0.29, 0.717) is 26.1 Å². The first kappa shape index (κ1) is 28.6. The van der Waals surface area contributed by atoms with Crippen molar-refractivity contribution in [2.75, 3.05) is 33.9 Å². The summed E-state index contributed by atoms with van der Waals surface area (Å²) in [5, 5.41) is 11.5. The molecular weight excluding hydrogens is 492 g/mol. The van der Waals surface area contributed by atoms with Crippen molar-refractivity contribution in [3.05, 3.63) is 95.6 Å². The Morgan fingerprint density at radius 3 is 2.00 bits per heavy atom. The molecule has 0 saturated carbocycles. The molecule has 208 valence electrons. The minimum absolute atomic E-state index is 0.0509. The summed E-state index contributed by atoms with van der Waals surface area (Å²) in [5.74, 6) is 1.10. The zero-order valence-corrected chi connectivity index (χ0v) is 22.9. The number of unbranched alkanes of at least 4 members (excludes halogenated alkanes) is 2. The number of ether oxygens (including phenoxy) is 3. The third-order valence-corrected chi connectivity index (χ3v) is 7.61. The second kappa shape index (κ2) is 13.6. The molecule has 7 nitrogen and oxygen atoms in total. The van der Waals surface area contributed by atoms with Gasteiger partial charge in [0.1, 0.15) is 17.1 Å². The average Bonchev–Trinajstić information content (AvgIpc) is 3.38. The predicted molar refractivity (Wildman–Crippen MR) is 152 cm³/mol. The molecule has 1 aliphatic heterocycles. The van der Waals surface area contributed by atoms with E-state index in [1.165, 1.54) is 0 Å². The zero-order valence-electron chi connectivity index (χ0n) is 22.9. The number of nitrogens with two attached hydrogens (primary N) is 1. The summed E-state index contributed by atoms with van der Waals surface area (Å²) in [4.78, 5) is 14.9. The highest BCUT2D eigenvalue weighted by atomic mass is 16.5. The molecule has 0 bridgehead atoms. The van der Waals surface area contributed by atoms with Gasteiger partial charge in [-0.1, -0.05) is 61.0 Å². The predicted octanol–water partition coefficient (Wildman–Crippen LogP) is 4.50. The topological polar surface area (TPSA) is 94.2 Å². The summed E-state index contributed by atoms with van der Waals surface area (Å²) >= 11 is 0. The minimum atomic E-state index is -1.04. The van der Waals surface area contributed by atoms with Crippen LogP contribution in [0.1, 0.15) is 42.4 Å². The van der Waals surface area contributed by atoms with Crippen molar-refractivity contribution in [1.82, 2.24) is 4.90 Å². The highest BCUT2D eigenvalue weighted by Gasteiger charge is 2.51. The van der Waals surface area contributed by atoms with Crippen LogP contribution in [0, 0.1) is 5.92 Å². The number of hydrogen-bond donors (Lipinski definition) is 2. The van der Waals surface area contributed by atoms with Crippen molar-refractivity contribution in [2.24, 2.45) is 11.7 Å². The summed E-state index contributed by atoms with van der Waals surface area (Å²) in [6.07, 6.45) is 2.29. The normalized spacial score (nSPS) is 17.3. The van der Waals surface area contributed by atoms with Crippen molar-refractivity contribution >= 4 is 5.91 Å². The zero-order chi connectivity index (χ0) is 27.7. The van der Waals surface area contributed by atoms with E-state index in [1.54, 1.807) is 19.1 Å². The van der Waals surface area contributed by atoms with Crippen LogP contribution >= 0.6 is 0 Å². The fraction of sp³-hybridized carbons (Fsp3) is 0.406. The molecule has 2 atom stereocenters. The van der Waals surface area contributed by atoms with Crippen molar-refractivity contribution in [2.45, 2.75) is 44.0 Å². The van der Waals surface area contributed by atoms with Crippen LogP contribution in [0.4, 0.5) is 0 Å². The highest BCUT2D eigenvalue weighted by molar-refractivity contribution is 5.76. The van der Waals surface area contributed by atoms with E-state index in [9.17, 15) is 9.90 Å². The van der Waals surface area contributed by atoms with Crippen LogP contribution in [-0.2, 0) is 21.7 Å². The second-order valence-corrected chi connectivity index (χ2v) is 10.0. The Morgan fingerprint density at radius 2 is 1.46 bits per heavy atom. The number of carbonyl (C=O) groups is 1. The number of carbonyl (C=O) groups excluding carboxylic acids is 1. The van der Waals surface area contributed by atoms with Gasteiger partial charge in [0.05, 0.1) is 26.9 Å². The Labute approximate surface area is 231 Å². The van der Waals surface area contributed by atoms with Crippen LogP contribution in [0.5, 0.6) is 11.5 Å². The Balaban J connectivity index is 1.75. The van der Waals surface area contributed by atoms with Gasteiger partial charge in [-0.25, -0.2) is 0 Å². The maximum atomic E-state index is 13.2. The summed E-state index contributed by atoms with van der Waals surface area (Å²) in [5.41, 5.74) is 7.35. The summed E-state index contributed by atoms with van der Waals surface area (Å²) in [6.45, 7) is 1.60. The number of likely N-dealkylation sites (tertiary alicyclic amines) is 1. The van der Waals surface area contributed by atoms with Gasteiger partial charge in [-0.3, -0.25) is 4.79 Å². The number of nitrogens with zero attached hydrogens (tertiary/aromatic N) is 1. The summed E-state index contributed by atoms with van der Waals surface area (Å²) < 4.78 is 17.8. The SMILES string of the molecule is COc1ccc(C(OCc2ccccc2)(c2ccc(OC)cc2)C2CN(C(=O)CCCCCN)CC2O)cc1. The van der Waals surface area contributed by atoms with Crippen molar-refractivity contribution in [1.29, 1.82) is 0 Å². The number of hydrogen-bond acceptors (Lipinski definition) is 6. The van der Waals surface area contributed by atoms with E-state index in [4.69, 9.17) is 19.9 Å². The van der Waals surface area contributed by atoms with Crippen LogP contribution in [0.25, 0.3) is 0 Å². The van der Waals surface area contributed by atoms with Crippen LogP contribution in [0.2, 0.25) is 0 Å². The maximum absolute atomic E-state index is 13.2. The quantitative estimate of drug-likeness (QED) is 0.315. The van der Waals surface area contributed by atoms with Gasteiger partial charge in [-0.05, 0) is 60.3 Å². The first-order valence-electron chi connectivity index (χ1n) is 13.6. The molecule has 1 heterocycles. The fourth-order valence-corrected chi connectivity index (χ4v) is 5.46. The largest absolute Gasteiger partial charge is 0.497 e. The van der Waals surface area contributed by atoms with Crippen molar-refractivity contribution in [3.8, 4) is 11.5 Å². The van der Waals surface area contributed by atoms with Gasteiger partial charge in [-0.2, -0.15) is 0 Å². The van der Waals surface area contributed by atoms with Gasteiger partial charge >= 0.3 is 0 Å². The maximum Gasteiger partial charge on any atom is 0.222 e. The number of methoxy groups -OCH3 is 2. The summed E-state index contributed by atoms with van der Waals surface area (Å²) in [6, 6.07) is 25.5. The number of aliphatic hydroxyl groups excluding tert-OH is 1. The Kier molecular flexibility index (Phi) is 9.98. The van der Waals surface area contributed by atoms with Gasteiger partial charge in [-0.15, -0.1) is 0 Å². The van der Waals surface area contributed by atoms with Gasteiger partial charge < -0.3 is 30.0 Å². The monoisotopic (exact) mass is 532 g/mol. The smallest absolute Gasteiger partial charge is 0.222 e. The second-order valence-electron chi connectivity index (χ2n) is 10.0. The highest BCUT2D eigenvalue weighted by Crippen LogP contribution is 2.46. The first-order chi connectivity index (χ1) is 19.0. The van der Waals surface area contributed by atoms with Crippen LogP contribution in [0.3, 0.4) is 0 Å². The number of rotatable bonds is 13. The molecule has 3 aromatic rings. The first-order valence-corrected chi connectivity index (χ1v) is 13.6. The molecule has 0 spiro atoms. The lowest BCUT2D eigenvalue weighted by molar-refractivity contribution is -0.131. The molecule has 2 unspecified atom stereocenters. The van der Waals surface area contributed by atoms with E-state index in [2.05, 4.69) is 0 Å². The number of β-amino-alcohol motifs (C(OH)–C–C–N with tert-alkyl or cyclic N) is 1. The molecule has 1 fully saturated rings. The van der Waals surface area contributed by atoms with Crippen molar-refractivity contribution in [3.63, 3.8) is 0 Å². The van der Waals surface area contributed by atoms with Gasteiger partial charge in [0.15, 0.2) is 0 Å². The van der Waals surface area contributed by atoms with E-state index >= 15 is 0 Å². The molecule has 4 rings (SSSR count). The molecule has 1 saturated heterocycles. The lowest BCUT2D eigenvalue weighted by atomic mass is 9.74. The van der Waals surface area contributed by atoms with Gasteiger partial charge in [0.2, 0.25) is 5.91 Å². The molecule has 1 amide bonds. The van der Waals surface area contributed by atoms with Gasteiger partial charge in [0, 0.05) is 25.4 Å². The number of aliphatic hydroxyl groups is 1. The molecule has 0 aliphatic carbocycles. The lowest BCUT2D eigenvalue weighted by Gasteiger charge is -2.41. The Bertz CT molecular complexity index is 1120. The lowest BCUT2D eigenvalue weighted by Crippen LogP contribution is -2.45. The molecule has 0 radical (unpaired) electrons. The number of amides is 1. The van der Waals surface area contributed by atoms with Crippen LogP contribution in [0.15, 0.2) is 78.9 Å². The van der Waals surface area contributed by atoms with Crippen molar-refractivity contribution < 1.29 is 24.1 Å². The van der Waals surface area contributed by atoms with Crippen LogP contribution < -0.4 is 15.2 Å². The Morgan fingerprint density at radius 1 is 0.872 bits per heavy atom. The molecule has 7 heteroatoms. The van der Waals surface area contributed by atoms with Crippen LogP contribution in [-0.4, -0.2) is 55.9 Å². The molecule has 1 aliphatic rings. The Hall–Kier alpha value is -3.39. The average molecular weight is 533 g/mol. The van der Waals surface area contributed by atoms with Gasteiger partial charge in [0.25, 0.3) is 0 Å². The van der Waals surface area contributed by atoms with E-state index < -0.39 is 17.6 Å². The molecule has 39 heavy (non-hydrogen) atoms. The van der Waals surface area contributed by atoms with E-state index in [1.807, 2.05) is 78.9 Å². The van der Waals surface area contributed by atoms with E-state index in [-0.39, 0.29) is 12.5 Å². The molecule has 0 aromatic heterocycles. The third-order valence-electron chi connectivity index (χ3n) is 7.61. The summed E-state index contributed by atoms with van der Waals surface area (Å²) in [7, 11) is 3.27. The molecular formula is C32H40N2O5. The third kappa shape index (κ3) is 6.61.